The zero-order chi connectivity index (χ0) is 14.8. The van der Waals surface area contributed by atoms with Gasteiger partial charge in [-0.1, -0.05) is 25.1 Å². The van der Waals surface area contributed by atoms with Gasteiger partial charge in [-0.25, -0.2) is 0 Å². The van der Waals surface area contributed by atoms with Gasteiger partial charge in [0, 0.05) is 11.8 Å². The Morgan fingerprint density at radius 2 is 2.10 bits per heavy atom. The molecule has 0 atom stereocenters. The van der Waals surface area contributed by atoms with E-state index in [2.05, 4.69) is 23.6 Å². The minimum atomic E-state index is -0.160. The van der Waals surface area contributed by atoms with Crippen LogP contribution in [0.25, 0.3) is 0 Å². The van der Waals surface area contributed by atoms with Crippen LogP contribution in [0.5, 0.6) is 5.75 Å². The van der Waals surface area contributed by atoms with Crippen LogP contribution >= 0.6 is 0 Å². The summed E-state index contributed by atoms with van der Waals surface area (Å²) < 4.78 is 5.35. The molecular weight excluding hydrogens is 266 g/mol. The van der Waals surface area contributed by atoms with Crippen molar-refractivity contribution in [3.05, 3.63) is 42.0 Å². The van der Waals surface area contributed by atoms with Crippen molar-refractivity contribution in [1.29, 1.82) is 0 Å². The summed E-state index contributed by atoms with van der Waals surface area (Å²) in [6.07, 6.45) is 0.924. The first-order valence-electron chi connectivity index (χ1n) is 6.88. The van der Waals surface area contributed by atoms with E-state index in [1.54, 1.807) is 12.1 Å². The minimum Gasteiger partial charge on any atom is -0.482 e. The fourth-order valence-corrected chi connectivity index (χ4v) is 2.35. The number of benzene rings is 2. The number of hydrogen-bond donors (Lipinski definition) is 3. The number of anilines is 4. The van der Waals surface area contributed by atoms with Crippen molar-refractivity contribution >= 4 is 28.7 Å². The molecule has 0 aromatic heterocycles. The van der Waals surface area contributed by atoms with Crippen LogP contribution in [0.2, 0.25) is 0 Å². The standard InChI is InChI=1S/C16H17N3O2/c1-2-10-5-3-4-6-12(10)18-13-8-14-15(7-11(13)17)21-9-16(20)19-14/h3-8,18H,2,9,17H2,1H3,(H,19,20). The predicted octanol–water partition coefficient (Wildman–Crippen LogP) is 2.91. The molecule has 0 fully saturated rings. The zero-order valence-corrected chi connectivity index (χ0v) is 11.8. The molecule has 0 radical (unpaired) electrons. The lowest BCUT2D eigenvalue weighted by Gasteiger charge is -2.21. The van der Waals surface area contributed by atoms with Gasteiger partial charge in [-0.2, -0.15) is 0 Å². The van der Waals surface area contributed by atoms with E-state index in [9.17, 15) is 4.79 Å². The van der Waals surface area contributed by atoms with E-state index in [1.165, 1.54) is 5.56 Å². The van der Waals surface area contributed by atoms with Crippen molar-refractivity contribution in [2.45, 2.75) is 13.3 Å². The van der Waals surface area contributed by atoms with E-state index in [0.717, 1.165) is 17.8 Å². The topological polar surface area (TPSA) is 76.4 Å². The van der Waals surface area contributed by atoms with E-state index in [0.29, 0.717) is 17.1 Å². The SMILES string of the molecule is CCc1ccccc1Nc1cc2c(cc1N)OCC(=O)N2. The summed E-state index contributed by atoms with van der Waals surface area (Å²) in [6, 6.07) is 11.6. The Hall–Kier alpha value is -2.69. The largest absolute Gasteiger partial charge is 0.482 e. The molecule has 1 aliphatic heterocycles. The Balaban J connectivity index is 1.95. The van der Waals surface area contributed by atoms with Gasteiger partial charge in [0.1, 0.15) is 5.75 Å². The van der Waals surface area contributed by atoms with Gasteiger partial charge >= 0.3 is 0 Å². The molecule has 5 nitrogen and oxygen atoms in total. The van der Waals surface area contributed by atoms with E-state index in [-0.39, 0.29) is 12.5 Å². The molecule has 0 saturated carbocycles. The maximum Gasteiger partial charge on any atom is 0.262 e. The quantitative estimate of drug-likeness (QED) is 0.757. The van der Waals surface area contributed by atoms with Gasteiger partial charge in [0.2, 0.25) is 0 Å². The van der Waals surface area contributed by atoms with E-state index < -0.39 is 0 Å². The maximum absolute atomic E-state index is 11.4. The zero-order valence-electron chi connectivity index (χ0n) is 11.8. The molecule has 5 heteroatoms. The molecule has 21 heavy (non-hydrogen) atoms. The molecule has 3 rings (SSSR count). The van der Waals surface area contributed by atoms with Crippen LogP contribution < -0.4 is 21.1 Å². The Kier molecular flexibility index (Phi) is 3.39. The summed E-state index contributed by atoms with van der Waals surface area (Å²) in [4.78, 5) is 11.4. The van der Waals surface area contributed by atoms with Crippen molar-refractivity contribution in [3.8, 4) is 5.75 Å². The molecule has 2 aromatic rings. The van der Waals surface area contributed by atoms with Gasteiger partial charge < -0.3 is 21.1 Å². The lowest BCUT2D eigenvalue weighted by atomic mass is 10.1. The number of nitrogens with two attached hydrogens (primary N) is 1. The van der Waals surface area contributed by atoms with Gasteiger partial charge in [0.15, 0.2) is 6.61 Å². The number of nitrogen functional groups attached to an aromatic ring is 1. The van der Waals surface area contributed by atoms with Crippen LogP contribution in [-0.2, 0) is 11.2 Å². The van der Waals surface area contributed by atoms with Crippen LogP contribution in [0.3, 0.4) is 0 Å². The lowest BCUT2D eigenvalue weighted by molar-refractivity contribution is -0.118. The van der Waals surface area contributed by atoms with E-state index >= 15 is 0 Å². The molecule has 1 amide bonds. The van der Waals surface area contributed by atoms with Gasteiger partial charge in [-0.05, 0) is 24.1 Å². The Labute approximate surface area is 123 Å². The van der Waals surface area contributed by atoms with Gasteiger partial charge in [-0.3, -0.25) is 4.79 Å². The van der Waals surface area contributed by atoms with E-state index in [1.807, 2.05) is 18.2 Å². The predicted molar refractivity (Wildman–Crippen MR) is 84.1 cm³/mol. The van der Waals surface area contributed by atoms with Crippen molar-refractivity contribution in [2.24, 2.45) is 0 Å². The molecule has 1 aliphatic rings. The van der Waals surface area contributed by atoms with Gasteiger partial charge in [-0.15, -0.1) is 0 Å². The molecule has 1 heterocycles. The second kappa shape index (κ2) is 5.36. The second-order valence-corrected chi connectivity index (χ2v) is 4.91. The normalized spacial score (nSPS) is 13.1. The van der Waals surface area contributed by atoms with Gasteiger partial charge in [0.25, 0.3) is 5.91 Å². The number of fused-ring (bicyclic) bond motifs is 1. The number of ether oxygens (including phenoxy) is 1. The van der Waals surface area contributed by atoms with Crippen molar-refractivity contribution in [3.63, 3.8) is 0 Å². The molecule has 108 valence electrons. The summed E-state index contributed by atoms with van der Waals surface area (Å²) in [6.45, 7) is 2.13. The van der Waals surface area contributed by atoms with Crippen LogP contribution in [0, 0.1) is 0 Å². The average Bonchev–Trinajstić information content (AvgIpc) is 2.49. The van der Waals surface area contributed by atoms with Gasteiger partial charge in [0.05, 0.1) is 17.1 Å². The maximum atomic E-state index is 11.4. The molecular formula is C16H17N3O2. The number of para-hydroxylation sites is 1. The Morgan fingerprint density at radius 3 is 2.90 bits per heavy atom. The molecule has 0 unspecified atom stereocenters. The third kappa shape index (κ3) is 2.63. The van der Waals surface area contributed by atoms with Crippen molar-refractivity contribution in [2.75, 3.05) is 23.0 Å². The highest BCUT2D eigenvalue weighted by Crippen LogP contribution is 2.36. The molecule has 4 N–H and O–H groups in total. The summed E-state index contributed by atoms with van der Waals surface area (Å²) in [5, 5.41) is 6.11. The average molecular weight is 283 g/mol. The fourth-order valence-electron chi connectivity index (χ4n) is 2.35. The first kappa shape index (κ1) is 13.3. The Morgan fingerprint density at radius 1 is 1.29 bits per heavy atom. The van der Waals surface area contributed by atoms with Crippen molar-refractivity contribution < 1.29 is 9.53 Å². The van der Waals surface area contributed by atoms with Crippen LogP contribution in [0.1, 0.15) is 12.5 Å². The number of amides is 1. The summed E-state index contributed by atoms with van der Waals surface area (Å²) in [5.41, 5.74) is 10.2. The van der Waals surface area contributed by atoms with Crippen LogP contribution in [-0.4, -0.2) is 12.5 Å². The molecule has 0 aliphatic carbocycles. The highest BCUT2D eigenvalue weighted by atomic mass is 16.5. The van der Waals surface area contributed by atoms with Crippen LogP contribution in [0.4, 0.5) is 22.7 Å². The number of carbonyl (C=O) groups is 1. The third-order valence-electron chi connectivity index (χ3n) is 3.45. The number of aryl methyl sites for hydroxylation is 1. The van der Waals surface area contributed by atoms with E-state index in [4.69, 9.17) is 10.5 Å². The molecule has 2 aromatic carbocycles. The number of rotatable bonds is 3. The summed E-state index contributed by atoms with van der Waals surface area (Å²) >= 11 is 0. The lowest BCUT2D eigenvalue weighted by Crippen LogP contribution is -2.25. The molecule has 0 saturated heterocycles. The number of nitrogens with one attached hydrogen (secondary N) is 2. The third-order valence-corrected chi connectivity index (χ3v) is 3.45. The first-order valence-corrected chi connectivity index (χ1v) is 6.88. The minimum absolute atomic E-state index is 0.0257. The summed E-state index contributed by atoms with van der Waals surface area (Å²) in [5.74, 6) is 0.439. The fraction of sp³-hybridized carbons (Fsp3) is 0.188. The monoisotopic (exact) mass is 283 g/mol. The van der Waals surface area contributed by atoms with Crippen molar-refractivity contribution in [1.82, 2.24) is 0 Å². The first-order chi connectivity index (χ1) is 10.2. The number of hydrogen-bond acceptors (Lipinski definition) is 4. The Bertz CT molecular complexity index is 698. The second-order valence-electron chi connectivity index (χ2n) is 4.91. The molecule has 0 bridgehead atoms. The molecule has 0 spiro atoms. The highest BCUT2D eigenvalue weighted by molar-refractivity contribution is 5.97. The summed E-state index contributed by atoms with van der Waals surface area (Å²) in [7, 11) is 0. The van der Waals surface area contributed by atoms with Crippen LogP contribution in [0.15, 0.2) is 36.4 Å². The highest BCUT2D eigenvalue weighted by Gasteiger charge is 2.18. The number of carbonyl (C=O) groups excluding carboxylic acids is 1. The smallest absolute Gasteiger partial charge is 0.262 e.